The van der Waals surface area contributed by atoms with Crippen LogP contribution in [0.5, 0.6) is 11.5 Å². The van der Waals surface area contributed by atoms with Gasteiger partial charge in [-0.25, -0.2) is 4.98 Å². The van der Waals surface area contributed by atoms with E-state index >= 15 is 0 Å². The van der Waals surface area contributed by atoms with Crippen LogP contribution in [0.3, 0.4) is 0 Å². The Balaban J connectivity index is 0.961. The van der Waals surface area contributed by atoms with E-state index in [4.69, 9.17) is 9.72 Å². The minimum atomic E-state index is -0.00169. The summed E-state index contributed by atoms with van der Waals surface area (Å²) >= 11 is 0. The van der Waals surface area contributed by atoms with Crippen molar-refractivity contribution in [3.05, 3.63) is 188 Å². The van der Waals surface area contributed by atoms with Gasteiger partial charge in [-0.2, -0.15) is 0 Å². The van der Waals surface area contributed by atoms with Crippen molar-refractivity contribution in [2.24, 2.45) is 0 Å². The first-order chi connectivity index (χ1) is 27.9. The van der Waals surface area contributed by atoms with Gasteiger partial charge in [0.2, 0.25) is 0 Å². The zero-order chi connectivity index (χ0) is 38.5. The number of hydrogen-bond donors (Lipinski definition) is 2. The lowest BCUT2D eigenvalue weighted by Crippen LogP contribution is -2.12. The van der Waals surface area contributed by atoms with Crippen molar-refractivity contribution in [3.8, 4) is 23.0 Å². The maximum absolute atomic E-state index is 6.59. The number of aromatic nitrogens is 3. The molecule has 0 unspecified atom stereocenters. The number of anilines is 4. The predicted molar refractivity (Wildman–Crippen MR) is 238 cm³/mol. The van der Waals surface area contributed by atoms with Crippen molar-refractivity contribution >= 4 is 66.4 Å². The van der Waals surface area contributed by atoms with E-state index in [1.54, 1.807) is 0 Å². The van der Waals surface area contributed by atoms with E-state index in [9.17, 15) is 0 Å². The molecule has 0 saturated heterocycles. The molecule has 10 aromatic rings. The molecule has 3 heterocycles. The van der Waals surface area contributed by atoms with Crippen LogP contribution in [-0.4, -0.2) is 14.1 Å². The summed E-state index contributed by atoms with van der Waals surface area (Å²) in [6.45, 7) is 6.69. The lowest BCUT2D eigenvalue weighted by atomic mass is 9.88. The fourth-order valence-electron chi connectivity index (χ4n) is 8.00. The van der Waals surface area contributed by atoms with E-state index in [-0.39, 0.29) is 5.41 Å². The van der Waals surface area contributed by atoms with Crippen molar-refractivity contribution in [2.75, 3.05) is 10.6 Å². The highest BCUT2D eigenvalue weighted by molar-refractivity contribution is 6.10. The molecule has 10 rings (SSSR count). The number of pyridine rings is 1. The molecular formula is C51H41N5O. The molecule has 0 aliphatic rings. The van der Waals surface area contributed by atoms with Crippen molar-refractivity contribution in [1.29, 1.82) is 0 Å². The van der Waals surface area contributed by atoms with Crippen molar-refractivity contribution in [2.45, 2.75) is 26.2 Å². The Labute approximate surface area is 331 Å². The maximum Gasteiger partial charge on any atom is 0.137 e. The Morgan fingerprint density at radius 1 is 0.456 bits per heavy atom. The second-order valence-corrected chi connectivity index (χ2v) is 15.5. The van der Waals surface area contributed by atoms with Gasteiger partial charge in [0.05, 0.1) is 44.8 Å². The summed E-state index contributed by atoms with van der Waals surface area (Å²) in [5.74, 6) is 2.37. The largest absolute Gasteiger partial charge is 0.457 e. The molecule has 0 bridgehead atoms. The van der Waals surface area contributed by atoms with Gasteiger partial charge in [0, 0.05) is 45.6 Å². The second kappa shape index (κ2) is 13.8. The molecule has 7 aromatic carbocycles. The van der Waals surface area contributed by atoms with Crippen LogP contribution in [0.25, 0.3) is 55.1 Å². The highest BCUT2D eigenvalue weighted by Gasteiger charge is 2.19. The zero-order valence-electron chi connectivity index (χ0n) is 32.1. The van der Waals surface area contributed by atoms with Gasteiger partial charge in [0.15, 0.2) is 0 Å². The topological polar surface area (TPSA) is 56.0 Å². The second-order valence-electron chi connectivity index (χ2n) is 15.5. The van der Waals surface area contributed by atoms with Gasteiger partial charge < -0.3 is 19.9 Å². The third-order valence-electron chi connectivity index (χ3n) is 10.8. The number of rotatable bonds is 8. The third-order valence-corrected chi connectivity index (χ3v) is 10.8. The third kappa shape index (κ3) is 6.21. The first-order valence-corrected chi connectivity index (χ1v) is 19.4. The molecule has 0 aliphatic heterocycles. The van der Waals surface area contributed by atoms with Gasteiger partial charge in [-0.3, -0.25) is 4.57 Å². The first kappa shape index (κ1) is 34.2. The van der Waals surface area contributed by atoms with Gasteiger partial charge in [-0.1, -0.05) is 106 Å². The molecule has 3 aromatic heterocycles. The first-order valence-electron chi connectivity index (χ1n) is 19.4. The minimum absolute atomic E-state index is 0.00169. The molecule has 6 heteroatoms. The molecule has 0 atom stereocenters. The fraction of sp³-hybridized carbons (Fsp3) is 0.0784. The highest BCUT2D eigenvalue weighted by atomic mass is 16.5. The number of hydrogen-bond acceptors (Lipinski definition) is 4. The average Bonchev–Trinajstić information content (AvgIpc) is 3.74. The van der Waals surface area contributed by atoms with Crippen molar-refractivity contribution in [1.82, 2.24) is 14.1 Å². The SMILES string of the molecule is CC(C)(C)c1ccnc(-n2c3ccccc3c3ccc(Oc4cccc(Nc5ccccc5Nc5ccccc5-n5c6ccccc6c6ccccc65)c4)cc32)c1. The summed E-state index contributed by atoms with van der Waals surface area (Å²) in [6, 6.07) is 61.2. The van der Waals surface area contributed by atoms with Gasteiger partial charge >= 0.3 is 0 Å². The number of nitrogens with one attached hydrogen (secondary N) is 2. The molecule has 0 saturated carbocycles. The molecule has 2 N–H and O–H groups in total. The lowest BCUT2D eigenvalue weighted by Gasteiger charge is -2.20. The highest BCUT2D eigenvalue weighted by Crippen LogP contribution is 2.39. The standard InChI is InChI=1S/C51H41N5O/c1-51(2,3)34-29-30-52-50(31-34)56-47-25-12-6-19-40(47)41-28-27-37(33-49(41)56)57-36-16-14-15-35(32-36)53-42-20-7-8-21-43(42)54-44-22-9-13-26-48(44)55-45-23-10-4-17-38(45)39-18-5-11-24-46(39)55/h4-33,53-54H,1-3H3. The van der Waals surface area contributed by atoms with Gasteiger partial charge in [-0.15, -0.1) is 0 Å². The lowest BCUT2D eigenvalue weighted by molar-refractivity contribution is 0.483. The Morgan fingerprint density at radius 2 is 1.02 bits per heavy atom. The summed E-state index contributed by atoms with van der Waals surface area (Å²) in [5, 5.41) is 12.2. The summed E-state index contributed by atoms with van der Waals surface area (Å²) in [7, 11) is 0. The van der Waals surface area contributed by atoms with Crippen LogP contribution in [0.1, 0.15) is 26.3 Å². The summed E-state index contributed by atoms with van der Waals surface area (Å²) in [6.07, 6.45) is 1.91. The molecule has 0 amide bonds. The molecule has 6 nitrogen and oxygen atoms in total. The molecular weight excluding hydrogens is 699 g/mol. The van der Waals surface area contributed by atoms with E-state index in [0.717, 1.165) is 62.2 Å². The average molecular weight is 740 g/mol. The van der Waals surface area contributed by atoms with Crippen LogP contribution in [0.4, 0.5) is 22.7 Å². The molecule has 0 fully saturated rings. The monoisotopic (exact) mass is 739 g/mol. The van der Waals surface area contributed by atoms with E-state index in [0.29, 0.717) is 0 Å². The number of fused-ring (bicyclic) bond motifs is 6. The molecule has 0 aliphatic carbocycles. The quantitative estimate of drug-likeness (QED) is 0.163. The van der Waals surface area contributed by atoms with Crippen LogP contribution in [0.2, 0.25) is 0 Å². The molecule has 0 spiro atoms. The Kier molecular flexibility index (Phi) is 8.26. The van der Waals surface area contributed by atoms with Gasteiger partial charge in [0.25, 0.3) is 0 Å². The predicted octanol–water partition coefficient (Wildman–Crippen LogP) is 13.9. The van der Waals surface area contributed by atoms with E-state index < -0.39 is 0 Å². The van der Waals surface area contributed by atoms with Gasteiger partial charge in [0.1, 0.15) is 17.3 Å². The maximum atomic E-state index is 6.59. The number of para-hydroxylation sites is 7. The zero-order valence-corrected chi connectivity index (χ0v) is 32.1. The van der Waals surface area contributed by atoms with Crippen LogP contribution in [-0.2, 0) is 5.41 Å². The smallest absolute Gasteiger partial charge is 0.137 e. The molecule has 57 heavy (non-hydrogen) atoms. The van der Waals surface area contributed by atoms with Crippen LogP contribution in [0, 0.1) is 0 Å². The van der Waals surface area contributed by atoms with E-state index in [1.165, 1.54) is 32.8 Å². The van der Waals surface area contributed by atoms with Crippen molar-refractivity contribution in [3.63, 3.8) is 0 Å². The normalized spacial score (nSPS) is 11.8. The van der Waals surface area contributed by atoms with E-state index in [2.05, 4.69) is 186 Å². The molecule has 0 radical (unpaired) electrons. The number of nitrogens with zero attached hydrogens (tertiary/aromatic N) is 3. The Bertz CT molecular complexity index is 3060. The Hall–Kier alpha value is -7.31. The van der Waals surface area contributed by atoms with Crippen LogP contribution in [0.15, 0.2) is 182 Å². The number of benzene rings is 7. The van der Waals surface area contributed by atoms with Crippen LogP contribution < -0.4 is 15.4 Å². The summed E-state index contributed by atoms with van der Waals surface area (Å²) in [5.41, 5.74) is 10.6. The number of ether oxygens (including phenoxy) is 1. The molecule has 276 valence electrons. The fourth-order valence-corrected chi connectivity index (χ4v) is 8.00. The van der Waals surface area contributed by atoms with Crippen molar-refractivity contribution < 1.29 is 4.74 Å². The van der Waals surface area contributed by atoms with E-state index in [1.807, 2.05) is 36.5 Å². The van der Waals surface area contributed by atoms with Gasteiger partial charge in [-0.05, 0) is 89.8 Å². The van der Waals surface area contributed by atoms with Crippen LogP contribution >= 0.6 is 0 Å². The summed E-state index contributed by atoms with van der Waals surface area (Å²) < 4.78 is 11.2. The summed E-state index contributed by atoms with van der Waals surface area (Å²) in [4.78, 5) is 4.84. The Morgan fingerprint density at radius 3 is 1.70 bits per heavy atom. The minimum Gasteiger partial charge on any atom is -0.457 e.